The molecule has 0 radical (unpaired) electrons. The van der Waals surface area contributed by atoms with Gasteiger partial charge in [-0.3, -0.25) is 9.69 Å². The van der Waals surface area contributed by atoms with Crippen LogP contribution in [0.25, 0.3) is 5.57 Å². The Kier molecular flexibility index (Phi) is 5.57. The summed E-state index contributed by atoms with van der Waals surface area (Å²) in [5.74, 6) is -0.581. The second kappa shape index (κ2) is 7.63. The number of benzene rings is 1. The highest BCUT2D eigenvalue weighted by molar-refractivity contribution is 5.92. The number of rotatable bonds is 5. The lowest BCUT2D eigenvalue weighted by Crippen LogP contribution is -2.33. The van der Waals surface area contributed by atoms with Crippen molar-refractivity contribution in [2.75, 3.05) is 25.1 Å². The van der Waals surface area contributed by atoms with Gasteiger partial charge in [0.05, 0.1) is 20.2 Å². The molecule has 1 aliphatic heterocycles. The number of anilines is 1. The number of methoxy groups -OCH3 is 1. The lowest BCUT2D eigenvalue weighted by Gasteiger charge is -2.13. The van der Waals surface area contributed by atoms with Gasteiger partial charge in [-0.1, -0.05) is 12.1 Å². The Hall–Kier alpha value is -2.83. The number of carbonyl (C=O) groups excluding carboxylic acids is 3. The molecule has 7 nitrogen and oxygen atoms in total. The number of esters is 1. The number of carbonyl (C=O) groups is 3. The van der Waals surface area contributed by atoms with E-state index < -0.39 is 12.1 Å². The van der Waals surface area contributed by atoms with Gasteiger partial charge in [0.1, 0.15) is 6.10 Å². The van der Waals surface area contributed by atoms with Gasteiger partial charge in [0.25, 0.3) is 0 Å². The quantitative estimate of drug-likeness (QED) is 0.655. The minimum atomic E-state index is -0.445. The van der Waals surface area contributed by atoms with Crippen molar-refractivity contribution >= 4 is 29.2 Å². The number of allylic oxidation sites excluding steroid dienone is 1. The molecule has 1 aromatic rings. The maximum Gasteiger partial charge on any atom is 0.414 e. The second-order valence-corrected chi connectivity index (χ2v) is 5.45. The van der Waals surface area contributed by atoms with Crippen molar-refractivity contribution < 1.29 is 23.9 Å². The molecule has 128 valence electrons. The van der Waals surface area contributed by atoms with Crippen LogP contribution < -0.4 is 10.2 Å². The summed E-state index contributed by atoms with van der Waals surface area (Å²) in [4.78, 5) is 35.7. The Morgan fingerprint density at radius 1 is 1.33 bits per heavy atom. The fourth-order valence-electron chi connectivity index (χ4n) is 2.32. The van der Waals surface area contributed by atoms with E-state index in [2.05, 4.69) is 10.1 Å². The van der Waals surface area contributed by atoms with Crippen molar-refractivity contribution in [2.24, 2.45) is 0 Å². The van der Waals surface area contributed by atoms with Crippen molar-refractivity contribution in [2.45, 2.75) is 20.0 Å². The van der Waals surface area contributed by atoms with Crippen LogP contribution in [0.4, 0.5) is 10.5 Å². The van der Waals surface area contributed by atoms with Crippen LogP contribution in [-0.4, -0.2) is 44.3 Å². The number of nitrogens with zero attached hydrogens (tertiary/aromatic N) is 1. The van der Waals surface area contributed by atoms with Crippen LogP contribution in [0.15, 0.2) is 30.3 Å². The minimum Gasteiger partial charge on any atom is -0.466 e. The molecule has 1 aliphatic rings. The monoisotopic (exact) mass is 332 g/mol. The smallest absolute Gasteiger partial charge is 0.414 e. The van der Waals surface area contributed by atoms with Crippen LogP contribution in [0.5, 0.6) is 0 Å². The Balaban J connectivity index is 2.05. The Morgan fingerprint density at radius 2 is 2.00 bits per heavy atom. The van der Waals surface area contributed by atoms with Gasteiger partial charge >= 0.3 is 12.1 Å². The molecule has 1 atom stereocenters. The molecule has 0 aliphatic carbocycles. The first-order valence-corrected chi connectivity index (χ1v) is 7.50. The van der Waals surface area contributed by atoms with Gasteiger partial charge in [0.2, 0.25) is 5.91 Å². The fourth-order valence-corrected chi connectivity index (χ4v) is 2.32. The third-order valence-corrected chi connectivity index (χ3v) is 3.62. The van der Waals surface area contributed by atoms with Crippen LogP contribution in [0.2, 0.25) is 0 Å². The van der Waals surface area contributed by atoms with Crippen LogP contribution in [0.1, 0.15) is 19.4 Å². The van der Waals surface area contributed by atoms with Gasteiger partial charge in [-0.2, -0.15) is 0 Å². The zero-order valence-corrected chi connectivity index (χ0v) is 13.9. The molecule has 7 heteroatoms. The number of nitrogens with one attached hydrogen (secondary N) is 1. The highest BCUT2D eigenvalue weighted by Crippen LogP contribution is 2.24. The molecular formula is C17H20N2O5. The van der Waals surface area contributed by atoms with Gasteiger partial charge in [0.15, 0.2) is 0 Å². The SMILES string of the molecule is COC(=O)/C=C(\C)c1ccc(N2CC(CNC(C)=O)OC2=O)cc1. The molecule has 2 rings (SSSR count). The topological polar surface area (TPSA) is 84.9 Å². The highest BCUT2D eigenvalue weighted by atomic mass is 16.6. The molecule has 0 saturated carbocycles. The standard InChI is InChI=1S/C17H20N2O5/c1-11(8-16(21)23-3)13-4-6-14(7-5-13)19-10-15(24-17(19)22)9-18-12(2)20/h4-8,15H,9-10H2,1-3H3,(H,18,20)/b11-8+. The van der Waals surface area contributed by atoms with E-state index in [1.54, 1.807) is 19.1 Å². The van der Waals surface area contributed by atoms with Crippen molar-refractivity contribution in [3.05, 3.63) is 35.9 Å². The summed E-state index contributed by atoms with van der Waals surface area (Å²) in [6, 6.07) is 7.20. The summed E-state index contributed by atoms with van der Waals surface area (Å²) >= 11 is 0. The number of hydrogen-bond acceptors (Lipinski definition) is 5. The van der Waals surface area contributed by atoms with Crippen LogP contribution in [-0.2, 0) is 19.1 Å². The van der Waals surface area contributed by atoms with Gasteiger partial charge in [-0.25, -0.2) is 9.59 Å². The van der Waals surface area contributed by atoms with E-state index in [1.165, 1.54) is 25.0 Å². The summed E-state index contributed by atoms with van der Waals surface area (Å²) < 4.78 is 9.82. The van der Waals surface area contributed by atoms with Gasteiger partial charge in [0, 0.05) is 18.7 Å². The normalized spacial score (nSPS) is 17.5. The summed E-state index contributed by atoms with van der Waals surface area (Å²) in [6.45, 7) is 3.88. The average molecular weight is 332 g/mol. The Bertz CT molecular complexity index is 666. The van der Waals surface area contributed by atoms with E-state index in [9.17, 15) is 14.4 Å². The highest BCUT2D eigenvalue weighted by Gasteiger charge is 2.32. The summed E-state index contributed by atoms with van der Waals surface area (Å²) in [7, 11) is 1.32. The Labute approximate surface area is 140 Å². The molecule has 1 unspecified atom stereocenters. The zero-order valence-electron chi connectivity index (χ0n) is 13.9. The molecule has 0 aromatic heterocycles. The summed E-state index contributed by atoms with van der Waals surface area (Å²) in [6.07, 6.45) is 0.588. The molecule has 1 heterocycles. The molecular weight excluding hydrogens is 312 g/mol. The lowest BCUT2D eigenvalue weighted by molar-refractivity contribution is -0.134. The van der Waals surface area contributed by atoms with E-state index in [-0.39, 0.29) is 18.6 Å². The maximum atomic E-state index is 12.0. The number of cyclic esters (lactones) is 1. The second-order valence-electron chi connectivity index (χ2n) is 5.45. The molecule has 2 amide bonds. The third-order valence-electron chi connectivity index (χ3n) is 3.62. The fraction of sp³-hybridized carbons (Fsp3) is 0.353. The van der Waals surface area contributed by atoms with Crippen LogP contribution >= 0.6 is 0 Å². The first-order valence-electron chi connectivity index (χ1n) is 7.50. The number of ether oxygens (including phenoxy) is 2. The van der Waals surface area contributed by atoms with Crippen molar-refractivity contribution in [1.82, 2.24) is 5.32 Å². The lowest BCUT2D eigenvalue weighted by atomic mass is 10.1. The predicted molar refractivity (Wildman–Crippen MR) is 88.4 cm³/mol. The van der Waals surface area contributed by atoms with Gasteiger partial charge in [-0.05, 0) is 30.2 Å². The molecule has 24 heavy (non-hydrogen) atoms. The molecule has 0 bridgehead atoms. The van der Waals surface area contributed by atoms with Gasteiger partial charge in [-0.15, -0.1) is 0 Å². The largest absolute Gasteiger partial charge is 0.466 e. The van der Waals surface area contributed by atoms with Crippen molar-refractivity contribution in [3.63, 3.8) is 0 Å². The first kappa shape index (κ1) is 17.5. The number of hydrogen-bond donors (Lipinski definition) is 1. The van der Waals surface area contributed by atoms with Crippen LogP contribution in [0, 0.1) is 0 Å². The van der Waals surface area contributed by atoms with Gasteiger partial charge < -0.3 is 14.8 Å². The molecule has 1 aromatic carbocycles. The third kappa shape index (κ3) is 4.34. The van der Waals surface area contributed by atoms with E-state index in [0.29, 0.717) is 12.2 Å². The summed E-state index contributed by atoms with van der Waals surface area (Å²) in [5.41, 5.74) is 2.31. The average Bonchev–Trinajstić information content (AvgIpc) is 2.93. The van der Waals surface area contributed by atoms with Crippen molar-refractivity contribution in [1.29, 1.82) is 0 Å². The minimum absolute atomic E-state index is 0.165. The molecule has 1 fully saturated rings. The molecule has 1 N–H and O–H groups in total. The maximum absolute atomic E-state index is 12.0. The van der Waals surface area contributed by atoms with Crippen LogP contribution in [0.3, 0.4) is 0 Å². The number of amides is 2. The first-order chi connectivity index (χ1) is 11.4. The van der Waals surface area contributed by atoms with Crippen molar-refractivity contribution in [3.8, 4) is 0 Å². The molecule has 1 saturated heterocycles. The molecule has 0 spiro atoms. The predicted octanol–water partition coefficient (Wildman–Crippen LogP) is 1.72. The van der Waals surface area contributed by atoms with E-state index in [4.69, 9.17) is 4.74 Å². The van der Waals surface area contributed by atoms with E-state index in [1.807, 2.05) is 12.1 Å². The van der Waals surface area contributed by atoms with E-state index in [0.717, 1.165) is 11.1 Å². The van der Waals surface area contributed by atoms with E-state index >= 15 is 0 Å². The zero-order chi connectivity index (χ0) is 17.7. The Morgan fingerprint density at radius 3 is 2.58 bits per heavy atom. The summed E-state index contributed by atoms with van der Waals surface area (Å²) in [5, 5.41) is 2.63.